The van der Waals surface area contributed by atoms with Crippen LogP contribution in [0.1, 0.15) is 175 Å². The second-order valence-corrected chi connectivity index (χ2v) is 13.2. The van der Waals surface area contributed by atoms with E-state index in [1.165, 1.54) is 70.6 Å². The molecular formula is C37H71NO5. The molecule has 0 aromatic heterocycles. The van der Waals surface area contributed by atoms with Crippen LogP contribution in [0.25, 0.3) is 0 Å². The lowest BCUT2D eigenvalue weighted by molar-refractivity contribution is -0.158. The van der Waals surface area contributed by atoms with Crippen molar-refractivity contribution in [2.75, 3.05) is 33.4 Å². The van der Waals surface area contributed by atoms with Crippen LogP contribution < -0.4 is 0 Å². The Morgan fingerprint density at radius 1 is 0.674 bits per heavy atom. The van der Waals surface area contributed by atoms with Gasteiger partial charge in [0.25, 0.3) is 0 Å². The minimum Gasteiger partial charge on any atom is -0.465 e. The summed E-state index contributed by atoms with van der Waals surface area (Å²) in [4.78, 5) is 27.5. The maximum Gasteiger partial charge on any atom is 0.311 e. The zero-order valence-corrected chi connectivity index (χ0v) is 29.0. The van der Waals surface area contributed by atoms with Gasteiger partial charge in [0.2, 0.25) is 0 Å². The van der Waals surface area contributed by atoms with Gasteiger partial charge in [-0.2, -0.15) is 0 Å². The van der Waals surface area contributed by atoms with Crippen molar-refractivity contribution in [1.29, 1.82) is 0 Å². The fraction of sp³-hybridized carbons (Fsp3) is 0.946. The van der Waals surface area contributed by atoms with Crippen molar-refractivity contribution >= 4 is 11.9 Å². The summed E-state index contributed by atoms with van der Waals surface area (Å²) < 4.78 is 17.7. The fourth-order valence-corrected chi connectivity index (χ4v) is 6.08. The first-order valence-corrected chi connectivity index (χ1v) is 18.7. The summed E-state index contributed by atoms with van der Waals surface area (Å²) >= 11 is 0. The van der Waals surface area contributed by atoms with Gasteiger partial charge in [-0.15, -0.1) is 0 Å². The number of likely N-dealkylation sites (N-methyl/N-ethyl adjacent to an activating group) is 1. The second-order valence-electron chi connectivity index (χ2n) is 13.2. The molecule has 0 spiro atoms. The predicted molar refractivity (Wildman–Crippen MR) is 179 cm³/mol. The maximum atomic E-state index is 12.9. The average Bonchev–Trinajstić information content (AvgIpc) is 3.00. The molecule has 6 nitrogen and oxygen atoms in total. The third kappa shape index (κ3) is 22.1. The number of unbranched alkanes of at least 4 members (excludes halogenated alkanes) is 16. The highest BCUT2D eigenvalue weighted by molar-refractivity contribution is 5.73. The number of esters is 2. The van der Waals surface area contributed by atoms with E-state index in [2.05, 4.69) is 32.7 Å². The van der Waals surface area contributed by atoms with Crippen LogP contribution in [0.3, 0.4) is 0 Å². The molecule has 0 saturated carbocycles. The molecule has 1 saturated heterocycles. The molecule has 0 aromatic rings. The lowest BCUT2D eigenvalue weighted by Gasteiger charge is -2.35. The number of carbonyl (C=O) groups excluding carboxylic acids is 2. The normalized spacial score (nSPS) is 18.0. The topological polar surface area (TPSA) is 65.1 Å². The van der Waals surface area contributed by atoms with E-state index in [-0.39, 0.29) is 30.1 Å². The van der Waals surface area contributed by atoms with E-state index < -0.39 is 0 Å². The number of rotatable bonds is 29. The van der Waals surface area contributed by atoms with Crippen molar-refractivity contribution in [3.63, 3.8) is 0 Å². The average molecular weight is 610 g/mol. The van der Waals surface area contributed by atoms with E-state index in [4.69, 9.17) is 14.2 Å². The Labute approximate surface area is 266 Å². The summed E-state index contributed by atoms with van der Waals surface area (Å²) in [5.41, 5.74) is 0. The van der Waals surface area contributed by atoms with Gasteiger partial charge in [-0.1, -0.05) is 124 Å². The number of hydrogen-bond donors (Lipinski definition) is 0. The third-order valence-electron chi connectivity index (χ3n) is 8.97. The van der Waals surface area contributed by atoms with Gasteiger partial charge >= 0.3 is 11.9 Å². The molecule has 1 heterocycles. The molecule has 1 aliphatic heterocycles. The third-order valence-corrected chi connectivity index (χ3v) is 8.97. The molecule has 1 aliphatic rings. The smallest absolute Gasteiger partial charge is 0.311 e. The van der Waals surface area contributed by atoms with Gasteiger partial charge in [-0.25, -0.2) is 0 Å². The number of piperidine rings is 1. The Morgan fingerprint density at radius 3 is 1.86 bits per heavy atom. The Balaban J connectivity index is 2.10. The minimum atomic E-state index is -0.129. The van der Waals surface area contributed by atoms with E-state index in [0.29, 0.717) is 13.0 Å². The zero-order chi connectivity index (χ0) is 31.4. The lowest BCUT2D eigenvalue weighted by atomic mass is 9.94. The Hall–Kier alpha value is -1.14. The molecule has 0 radical (unpaired) electrons. The molecule has 1 rings (SSSR count). The molecule has 0 bridgehead atoms. The largest absolute Gasteiger partial charge is 0.465 e. The van der Waals surface area contributed by atoms with Gasteiger partial charge in [-0.05, 0) is 58.5 Å². The summed E-state index contributed by atoms with van der Waals surface area (Å²) in [7, 11) is 2.11. The summed E-state index contributed by atoms with van der Waals surface area (Å²) in [6.07, 6.45) is 27.0. The van der Waals surface area contributed by atoms with E-state index in [0.717, 1.165) is 96.7 Å². The molecule has 3 atom stereocenters. The summed E-state index contributed by atoms with van der Waals surface area (Å²) in [5.74, 6) is -0.202. The molecule has 0 aromatic carbocycles. The standard InChI is InChI=1S/C37H71NO5/c1-5-8-11-13-16-19-23-30-41-35-32-38(4)29-28-34(35)37(40)42-31-24-20-17-14-15-18-22-27-36(39)43-33(25-10-7-3)26-21-12-9-6-2/h33-35H,5-32H2,1-4H3. The van der Waals surface area contributed by atoms with Gasteiger partial charge < -0.3 is 19.1 Å². The molecule has 3 unspecified atom stereocenters. The van der Waals surface area contributed by atoms with Gasteiger partial charge in [-0.3, -0.25) is 9.59 Å². The Bertz CT molecular complexity index is 657. The van der Waals surface area contributed by atoms with E-state index >= 15 is 0 Å². The van der Waals surface area contributed by atoms with Crippen molar-refractivity contribution < 1.29 is 23.8 Å². The molecule has 6 heteroatoms. The summed E-state index contributed by atoms with van der Waals surface area (Å²) in [6.45, 7) is 9.67. The minimum absolute atomic E-state index is 0.00605. The molecule has 0 N–H and O–H groups in total. The van der Waals surface area contributed by atoms with Crippen LogP contribution in [0, 0.1) is 5.92 Å². The summed E-state index contributed by atoms with van der Waals surface area (Å²) in [5, 5.41) is 0. The Morgan fingerprint density at radius 2 is 1.21 bits per heavy atom. The number of ether oxygens (including phenoxy) is 3. The van der Waals surface area contributed by atoms with Gasteiger partial charge in [0.1, 0.15) is 6.10 Å². The highest BCUT2D eigenvalue weighted by Gasteiger charge is 2.34. The van der Waals surface area contributed by atoms with Crippen molar-refractivity contribution in [1.82, 2.24) is 4.90 Å². The Kier molecular flexibility index (Phi) is 26.3. The number of nitrogens with zero attached hydrogens (tertiary/aromatic N) is 1. The fourth-order valence-electron chi connectivity index (χ4n) is 6.08. The monoisotopic (exact) mass is 610 g/mol. The number of carbonyl (C=O) groups is 2. The summed E-state index contributed by atoms with van der Waals surface area (Å²) in [6, 6.07) is 0. The van der Waals surface area contributed by atoms with Gasteiger partial charge in [0.05, 0.1) is 18.6 Å². The molecule has 1 fully saturated rings. The molecule has 0 amide bonds. The first kappa shape index (κ1) is 39.9. The quantitative estimate of drug-likeness (QED) is 0.0621. The number of likely N-dealkylation sites (tertiary alicyclic amines) is 1. The molecular weight excluding hydrogens is 538 g/mol. The predicted octanol–water partition coefficient (Wildman–Crippen LogP) is 9.81. The maximum absolute atomic E-state index is 12.9. The van der Waals surface area contributed by atoms with Crippen molar-refractivity contribution in [3.8, 4) is 0 Å². The highest BCUT2D eigenvalue weighted by Crippen LogP contribution is 2.22. The first-order chi connectivity index (χ1) is 21.0. The first-order valence-electron chi connectivity index (χ1n) is 18.7. The van der Waals surface area contributed by atoms with Crippen LogP contribution in [0.5, 0.6) is 0 Å². The zero-order valence-electron chi connectivity index (χ0n) is 29.0. The lowest BCUT2D eigenvalue weighted by Crippen LogP contribution is -2.47. The van der Waals surface area contributed by atoms with Crippen LogP contribution in [0.4, 0.5) is 0 Å². The van der Waals surface area contributed by atoms with Crippen LogP contribution in [0.2, 0.25) is 0 Å². The molecule has 0 aliphatic carbocycles. The van der Waals surface area contributed by atoms with E-state index in [1.807, 2.05) is 0 Å². The van der Waals surface area contributed by atoms with Crippen molar-refractivity contribution in [3.05, 3.63) is 0 Å². The highest BCUT2D eigenvalue weighted by atomic mass is 16.5. The molecule has 43 heavy (non-hydrogen) atoms. The van der Waals surface area contributed by atoms with Crippen LogP contribution >= 0.6 is 0 Å². The molecule has 254 valence electrons. The number of hydrogen-bond acceptors (Lipinski definition) is 6. The van der Waals surface area contributed by atoms with Crippen LogP contribution in [-0.2, 0) is 23.8 Å². The van der Waals surface area contributed by atoms with E-state index in [1.54, 1.807) is 0 Å². The van der Waals surface area contributed by atoms with Crippen LogP contribution in [0.15, 0.2) is 0 Å². The SMILES string of the molecule is CCCCCCCCCOC1CN(C)CCC1C(=O)OCCCCCCCCCC(=O)OC(CCCC)CCCCCC. The van der Waals surface area contributed by atoms with Gasteiger partial charge in [0.15, 0.2) is 0 Å². The second kappa shape index (κ2) is 28.3. The van der Waals surface area contributed by atoms with Crippen molar-refractivity contribution in [2.24, 2.45) is 5.92 Å². The van der Waals surface area contributed by atoms with E-state index in [9.17, 15) is 9.59 Å². The van der Waals surface area contributed by atoms with Crippen LogP contribution in [-0.4, -0.2) is 62.4 Å². The van der Waals surface area contributed by atoms with Crippen molar-refractivity contribution in [2.45, 2.75) is 187 Å². The van der Waals surface area contributed by atoms with Gasteiger partial charge in [0, 0.05) is 19.6 Å².